The van der Waals surface area contributed by atoms with Crippen LogP contribution in [0.1, 0.15) is 56.1 Å². The quantitative estimate of drug-likeness (QED) is 0.207. The third-order valence-corrected chi connectivity index (χ3v) is 5.57. The number of nitrogens with two attached hydrogens (primary N) is 2. The predicted molar refractivity (Wildman–Crippen MR) is 154 cm³/mol. The molecule has 0 amide bonds. The van der Waals surface area contributed by atoms with E-state index in [1.54, 1.807) is 0 Å². The summed E-state index contributed by atoms with van der Waals surface area (Å²) in [5, 5.41) is 7.13. The van der Waals surface area contributed by atoms with Crippen LogP contribution in [0.25, 0.3) is 0 Å². The van der Waals surface area contributed by atoms with Gasteiger partial charge in [-0.3, -0.25) is 0 Å². The van der Waals surface area contributed by atoms with E-state index in [9.17, 15) is 0 Å². The second kappa shape index (κ2) is 23.2. The number of nitrogens with one attached hydrogen (secondary N) is 2. The largest absolute Gasteiger partial charge is 0.330 e. The zero-order chi connectivity index (χ0) is 20.6. The van der Waals surface area contributed by atoms with Gasteiger partial charge in [0.2, 0.25) is 0 Å². The van der Waals surface area contributed by atoms with Gasteiger partial charge in [0, 0.05) is 18.6 Å². The summed E-state index contributed by atoms with van der Waals surface area (Å²) >= 11 is 0. The van der Waals surface area contributed by atoms with E-state index in [0.29, 0.717) is 0 Å². The van der Waals surface area contributed by atoms with Crippen LogP contribution in [0.2, 0.25) is 0 Å². The predicted octanol–water partition coefficient (Wildman–Crippen LogP) is 5.64. The Kier molecular flexibility index (Phi) is 26.0. The van der Waals surface area contributed by atoms with Gasteiger partial charge in [0.25, 0.3) is 0 Å². The van der Waals surface area contributed by atoms with E-state index in [0.717, 1.165) is 58.4 Å². The van der Waals surface area contributed by atoms with Crippen molar-refractivity contribution in [3.8, 4) is 0 Å². The Hall–Kier alpha value is -0.560. The zero-order valence-corrected chi connectivity index (χ0v) is 22.8. The molecule has 0 aromatic heterocycles. The first-order valence-electron chi connectivity index (χ1n) is 11.2. The molecule has 6 N–H and O–H groups in total. The molecule has 8 heteroatoms. The molecule has 2 rings (SSSR count). The van der Waals surface area contributed by atoms with Gasteiger partial charge in [0.1, 0.15) is 0 Å². The second-order valence-corrected chi connectivity index (χ2v) is 8.14. The van der Waals surface area contributed by atoms with Gasteiger partial charge in [-0.2, -0.15) is 0 Å². The minimum absolute atomic E-state index is 0. The zero-order valence-electron chi connectivity index (χ0n) is 19.5. The van der Waals surface area contributed by atoms with Crippen LogP contribution in [-0.2, 0) is 13.1 Å². The Morgan fingerprint density at radius 1 is 0.576 bits per heavy atom. The lowest BCUT2D eigenvalue weighted by atomic mass is 9.86. The first kappa shape index (κ1) is 37.0. The average Bonchev–Trinajstić information content (AvgIpc) is 2.76. The maximum atomic E-state index is 6.87. The van der Waals surface area contributed by atoms with Crippen molar-refractivity contribution < 1.29 is 0 Å². The van der Waals surface area contributed by atoms with Crippen molar-refractivity contribution in [3.63, 3.8) is 0 Å². The number of halogens is 4. The van der Waals surface area contributed by atoms with E-state index in [-0.39, 0.29) is 55.2 Å². The summed E-state index contributed by atoms with van der Waals surface area (Å²) in [5.74, 6) is 0. The van der Waals surface area contributed by atoms with Gasteiger partial charge in [-0.15, -0.1) is 49.6 Å². The van der Waals surface area contributed by atoms with E-state index < -0.39 is 0 Å². The Labute approximate surface area is 226 Å². The average molecular weight is 542 g/mol. The first-order valence-corrected chi connectivity index (χ1v) is 11.2. The van der Waals surface area contributed by atoms with Crippen LogP contribution in [0.4, 0.5) is 0 Å². The van der Waals surface area contributed by atoms with Crippen molar-refractivity contribution in [2.24, 2.45) is 11.5 Å². The van der Waals surface area contributed by atoms with Crippen LogP contribution in [-0.4, -0.2) is 25.2 Å². The number of hydrogen-bond donors (Lipinski definition) is 4. The molecule has 0 fully saturated rings. The second-order valence-electron chi connectivity index (χ2n) is 8.14. The van der Waals surface area contributed by atoms with Crippen molar-refractivity contribution in [1.29, 1.82) is 0 Å². The molecule has 0 unspecified atom stereocenters. The molecule has 0 aliphatic rings. The lowest BCUT2D eigenvalue weighted by molar-refractivity contribution is 0.315. The molecule has 0 saturated heterocycles. The molecule has 2 aromatic rings. The molecule has 0 aliphatic heterocycles. The van der Waals surface area contributed by atoms with Gasteiger partial charge in [0.05, 0.1) is 0 Å². The molecule has 0 saturated carbocycles. The van der Waals surface area contributed by atoms with Crippen molar-refractivity contribution in [2.45, 2.75) is 63.6 Å². The summed E-state index contributed by atoms with van der Waals surface area (Å²) in [7, 11) is 0. The van der Waals surface area contributed by atoms with E-state index in [1.165, 1.54) is 30.4 Å². The van der Waals surface area contributed by atoms with Crippen molar-refractivity contribution in [1.82, 2.24) is 10.6 Å². The Bertz CT molecular complexity index is 600. The fourth-order valence-electron chi connectivity index (χ4n) is 3.68. The first-order chi connectivity index (χ1) is 14.2. The molecule has 0 aliphatic carbocycles. The summed E-state index contributed by atoms with van der Waals surface area (Å²) in [5.41, 5.74) is 15.0. The van der Waals surface area contributed by atoms with Crippen LogP contribution in [0.3, 0.4) is 0 Å². The SMILES string of the molecule is Cl.Cl.Cl.Cl.NCCCCCCC(N)(CCNCc1ccccc1)CCNCc1ccccc1. The third-order valence-electron chi connectivity index (χ3n) is 5.57. The molecular formula is C25H44Cl4N4. The van der Waals surface area contributed by atoms with Gasteiger partial charge >= 0.3 is 0 Å². The van der Waals surface area contributed by atoms with Gasteiger partial charge < -0.3 is 22.1 Å². The van der Waals surface area contributed by atoms with Gasteiger partial charge in [-0.1, -0.05) is 79.9 Å². The van der Waals surface area contributed by atoms with Crippen molar-refractivity contribution in [2.75, 3.05) is 19.6 Å². The lowest BCUT2D eigenvalue weighted by Gasteiger charge is -2.30. The molecular weight excluding hydrogens is 498 g/mol. The Morgan fingerprint density at radius 2 is 1.00 bits per heavy atom. The maximum absolute atomic E-state index is 6.87. The highest BCUT2D eigenvalue weighted by atomic mass is 35.5. The van der Waals surface area contributed by atoms with E-state index in [4.69, 9.17) is 11.5 Å². The molecule has 0 bridgehead atoms. The number of hydrogen-bond acceptors (Lipinski definition) is 4. The third kappa shape index (κ3) is 17.5. The van der Waals surface area contributed by atoms with Crippen LogP contribution < -0.4 is 22.1 Å². The molecule has 0 heterocycles. The Balaban J connectivity index is -0.00000225. The van der Waals surface area contributed by atoms with Gasteiger partial charge in [0.15, 0.2) is 0 Å². The molecule has 4 nitrogen and oxygen atoms in total. The molecule has 192 valence electrons. The van der Waals surface area contributed by atoms with Gasteiger partial charge in [-0.25, -0.2) is 0 Å². The summed E-state index contributed by atoms with van der Waals surface area (Å²) in [6.07, 6.45) is 7.84. The summed E-state index contributed by atoms with van der Waals surface area (Å²) < 4.78 is 0. The van der Waals surface area contributed by atoms with E-state index in [2.05, 4.69) is 71.3 Å². The summed E-state index contributed by atoms with van der Waals surface area (Å²) in [6.45, 7) is 4.50. The molecule has 0 radical (unpaired) electrons. The van der Waals surface area contributed by atoms with Crippen LogP contribution >= 0.6 is 49.6 Å². The standard InChI is InChI=1S/C25H40N4.4ClH/c26-18-10-2-1-9-15-25(27,16-19-28-21-23-11-5-3-6-12-23)17-20-29-22-24-13-7-4-8-14-24;;;;/h3-8,11-14,28-29H,1-2,9-10,15-22,26-27H2;4*1H. The molecule has 33 heavy (non-hydrogen) atoms. The minimum Gasteiger partial charge on any atom is -0.330 e. The van der Waals surface area contributed by atoms with Gasteiger partial charge in [-0.05, 0) is 56.4 Å². The summed E-state index contributed by atoms with van der Waals surface area (Å²) in [4.78, 5) is 0. The molecule has 0 atom stereocenters. The van der Waals surface area contributed by atoms with Crippen molar-refractivity contribution >= 4 is 49.6 Å². The minimum atomic E-state index is -0.115. The van der Waals surface area contributed by atoms with Crippen molar-refractivity contribution in [3.05, 3.63) is 71.8 Å². The fourth-order valence-corrected chi connectivity index (χ4v) is 3.68. The fraction of sp³-hybridized carbons (Fsp3) is 0.520. The smallest absolute Gasteiger partial charge is 0.0205 e. The van der Waals surface area contributed by atoms with Crippen LogP contribution in [0.15, 0.2) is 60.7 Å². The monoisotopic (exact) mass is 540 g/mol. The normalized spacial score (nSPS) is 10.2. The molecule has 2 aromatic carbocycles. The highest BCUT2D eigenvalue weighted by molar-refractivity contribution is 5.86. The topological polar surface area (TPSA) is 76.1 Å². The molecule has 0 spiro atoms. The highest BCUT2D eigenvalue weighted by Gasteiger charge is 2.23. The maximum Gasteiger partial charge on any atom is 0.0205 e. The van der Waals surface area contributed by atoms with E-state index in [1.807, 2.05) is 0 Å². The van der Waals surface area contributed by atoms with Crippen LogP contribution in [0, 0.1) is 0 Å². The Morgan fingerprint density at radius 3 is 1.42 bits per heavy atom. The van der Waals surface area contributed by atoms with Crippen LogP contribution in [0.5, 0.6) is 0 Å². The summed E-state index contributed by atoms with van der Waals surface area (Å²) in [6, 6.07) is 21.1. The highest BCUT2D eigenvalue weighted by Crippen LogP contribution is 2.20. The number of benzene rings is 2. The number of unbranched alkanes of at least 4 members (excludes halogenated alkanes) is 3. The lowest BCUT2D eigenvalue weighted by Crippen LogP contribution is -2.44. The van der Waals surface area contributed by atoms with E-state index >= 15 is 0 Å². The number of rotatable bonds is 16.